The van der Waals surface area contributed by atoms with Gasteiger partial charge in [-0.1, -0.05) is 44.7 Å². The molecule has 0 spiro atoms. The van der Waals surface area contributed by atoms with Crippen molar-refractivity contribution < 1.29 is 9.53 Å². The molecular formula is C23H39NO2S. The first-order valence-corrected chi connectivity index (χ1v) is 11.2. The standard InChI is InChI=1S/C23H39NO2S/c1-7-8-9-10-11-16-24-17-15-19-13-12-14-20(18-19)27-23(5,6)21(25)26-22(2,3)4/h12-14,18,24H,7-11,15-17H2,1-6H3. The summed E-state index contributed by atoms with van der Waals surface area (Å²) in [5, 5.41) is 3.54. The van der Waals surface area contributed by atoms with Crippen LogP contribution in [0.1, 0.15) is 79.2 Å². The number of benzene rings is 1. The Morgan fingerprint density at radius 3 is 2.41 bits per heavy atom. The number of carbonyl (C=O) groups is 1. The molecule has 27 heavy (non-hydrogen) atoms. The molecule has 0 aromatic heterocycles. The van der Waals surface area contributed by atoms with E-state index in [2.05, 4.69) is 36.5 Å². The summed E-state index contributed by atoms with van der Waals surface area (Å²) in [4.78, 5) is 13.6. The zero-order valence-corrected chi connectivity index (χ0v) is 19.0. The highest BCUT2D eigenvalue weighted by Gasteiger charge is 2.33. The molecule has 1 aromatic rings. The lowest BCUT2D eigenvalue weighted by Crippen LogP contribution is -2.36. The minimum Gasteiger partial charge on any atom is -0.459 e. The molecule has 0 saturated heterocycles. The van der Waals surface area contributed by atoms with E-state index in [0.29, 0.717) is 0 Å². The zero-order chi connectivity index (χ0) is 20.3. The quantitative estimate of drug-likeness (QED) is 0.268. The highest BCUT2D eigenvalue weighted by Crippen LogP contribution is 2.35. The second-order valence-corrected chi connectivity index (χ2v) is 10.4. The Labute approximate surface area is 171 Å². The molecule has 0 bridgehead atoms. The summed E-state index contributed by atoms with van der Waals surface area (Å²) in [5.41, 5.74) is 0.845. The van der Waals surface area contributed by atoms with Gasteiger partial charge in [-0.3, -0.25) is 4.79 Å². The van der Waals surface area contributed by atoms with Gasteiger partial charge in [0.2, 0.25) is 0 Å². The van der Waals surface area contributed by atoms with E-state index in [1.165, 1.54) is 37.7 Å². The van der Waals surface area contributed by atoms with Crippen LogP contribution in [0.2, 0.25) is 0 Å². The lowest BCUT2D eigenvalue weighted by molar-refractivity contribution is -0.156. The number of thioether (sulfide) groups is 1. The van der Waals surface area contributed by atoms with Crippen molar-refractivity contribution in [1.82, 2.24) is 5.32 Å². The molecule has 0 aliphatic rings. The van der Waals surface area contributed by atoms with E-state index in [9.17, 15) is 4.79 Å². The summed E-state index contributed by atoms with van der Waals surface area (Å²) in [6.07, 6.45) is 7.60. The summed E-state index contributed by atoms with van der Waals surface area (Å²) in [5.74, 6) is -0.171. The summed E-state index contributed by atoms with van der Waals surface area (Å²) >= 11 is 1.57. The van der Waals surface area contributed by atoms with Crippen LogP contribution in [0.25, 0.3) is 0 Å². The highest BCUT2D eigenvalue weighted by molar-refractivity contribution is 8.01. The number of rotatable bonds is 12. The fourth-order valence-electron chi connectivity index (χ4n) is 2.71. The number of hydrogen-bond acceptors (Lipinski definition) is 4. The van der Waals surface area contributed by atoms with Crippen LogP contribution < -0.4 is 5.32 Å². The molecule has 0 aliphatic carbocycles. The molecule has 154 valence electrons. The van der Waals surface area contributed by atoms with Gasteiger partial charge in [0, 0.05) is 4.90 Å². The summed E-state index contributed by atoms with van der Waals surface area (Å²) in [6.45, 7) is 13.9. The van der Waals surface area contributed by atoms with Gasteiger partial charge in [-0.05, 0) is 78.2 Å². The lowest BCUT2D eigenvalue weighted by atomic mass is 10.1. The largest absolute Gasteiger partial charge is 0.459 e. The third-order valence-electron chi connectivity index (χ3n) is 4.21. The number of esters is 1. The first-order chi connectivity index (χ1) is 12.6. The molecule has 0 radical (unpaired) electrons. The first-order valence-electron chi connectivity index (χ1n) is 10.4. The number of nitrogens with one attached hydrogen (secondary N) is 1. The monoisotopic (exact) mass is 393 g/mol. The molecule has 1 N–H and O–H groups in total. The van der Waals surface area contributed by atoms with E-state index in [1.54, 1.807) is 11.8 Å². The average molecular weight is 394 g/mol. The van der Waals surface area contributed by atoms with Gasteiger partial charge in [-0.25, -0.2) is 0 Å². The fraction of sp³-hybridized carbons (Fsp3) is 0.696. The highest BCUT2D eigenvalue weighted by atomic mass is 32.2. The molecule has 0 fully saturated rings. The molecule has 1 aromatic carbocycles. The molecule has 0 aliphatic heterocycles. The number of unbranched alkanes of at least 4 members (excludes halogenated alkanes) is 4. The Bertz CT molecular complexity index is 564. The van der Waals surface area contributed by atoms with Crippen molar-refractivity contribution in [2.24, 2.45) is 0 Å². The SMILES string of the molecule is CCCCCCCNCCc1cccc(SC(C)(C)C(=O)OC(C)(C)C)c1. The van der Waals surface area contributed by atoms with E-state index in [-0.39, 0.29) is 5.97 Å². The van der Waals surface area contributed by atoms with E-state index >= 15 is 0 Å². The van der Waals surface area contributed by atoms with Crippen molar-refractivity contribution in [3.05, 3.63) is 29.8 Å². The van der Waals surface area contributed by atoms with E-state index in [0.717, 1.165) is 24.4 Å². The van der Waals surface area contributed by atoms with Gasteiger partial charge in [0.25, 0.3) is 0 Å². The molecule has 0 amide bonds. The molecule has 0 unspecified atom stereocenters. The summed E-state index contributed by atoms with van der Waals surface area (Å²) in [6, 6.07) is 8.50. The Morgan fingerprint density at radius 1 is 1.04 bits per heavy atom. The second kappa shape index (κ2) is 11.8. The molecule has 3 nitrogen and oxygen atoms in total. The molecule has 0 heterocycles. The molecular weight excluding hydrogens is 354 g/mol. The van der Waals surface area contributed by atoms with Gasteiger partial charge in [-0.2, -0.15) is 0 Å². The van der Waals surface area contributed by atoms with Crippen LogP contribution in [-0.2, 0) is 16.0 Å². The van der Waals surface area contributed by atoms with Crippen molar-refractivity contribution >= 4 is 17.7 Å². The topological polar surface area (TPSA) is 38.3 Å². The third kappa shape index (κ3) is 10.8. The molecule has 4 heteroatoms. The second-order valence-electron chi connectivity index (χ2n) is 8.68. The maximum atomic E-state index is 12.5. The Kier molecular flexibility index (Phi) is 10.5. The smallest absolute Gasteiger partial charge is 0.322 e. The van der Waals surface area contributed by atoms with Gasteiger partial charge in [0.05, 0.1) is 0 Å². The number of hydrogen-bond donors (Lipinski definition) is 1. The minimum absolute atomic E-state index is 0.171. The molecule has 1 rings (SSSR count). The van der Waals surface area contributed by atoms with Gasteiger partial charge in [0.1, 0.15) is 10.3 Å². The van der Waals surface area contributed by atoms with Crippen LogP contribution in [0, 0.1) is 0 Å². The maximum Gasteiger partial charge on any atom is 0.322 e. The Hall–Kier alpha value is -1.00. The fourth-order valence-corrected chi connectivity index (χ4v) is 3.78. The van der Waals surface area contributed by atoms with Crippen LogP contribution in [-0.4, -0.2) is 29.4 Å². The Morgan fingerprint density at radius 2 is 1.74 bits per heavy atom. The number of carbonyl (C=O) groups excluding carboxylic acids is 1. The van der Waals surface area contributed by atoms with E-state index < -0.39 is 10.3 Å². The maximum absolute atomic E-state index is 12.5. The summed E-state index contributed by atoms with van der Waals surface area (Å²) in [7, 11) is 0. The van der Waals surface area contributed by atoms with E-state index in [1.807, 2.05) is 34.6 Å². The number of ether oxygens (including phenoxy) is 1. The van der Waals surface area contributed by atoms with Gasteiger partial charge >= 0.3 is 5.97 Å². The van der Waals surface area contributed by atoms with Crippen molar-refractivity contribution in [2.45, 2.75) is 95.3 Å². The Balaban J connectivity index is 2.43. The average Bonchev–Trinajstić information content (AvgIpc) is 2.55. The van der Waals surface area contributed by atoms with Crippen molar-refractivity contribution in [3.8, 4) is 0 Å². The van der Waals surface area contributed by atoms with Crippen molar-refractivity contribution in [1.29, 1.82) is 0 Å². The zero-order valence-electron chi connectivity index (χ0n) is 18.2. The molecule has 0 saturated carbocycles. The van der Waals surface area contributed by atoms with E-state index in [4.69, 9.17) is 4.74 Å². The van der Waals surface area contributed by atoms with Crippen molar-refractivity contribution in [3.63, 3.8) is 0 Å². The lowest BCUT2D eigenvalue weighted by Gasteiger charge is -2.28. The van der Waals surface area contributed by atoms with Gasteiger partial charge in [0.15, 0.2) is 0 Å². The summed E-state index contributed by atoms with van der Waals surface area (Å²) < 4.78 is 4.95. The molecule has 0 atom stereocenters. The predicted molar refractivity (Wildman–Crippen MR) is 118 cm³/mol. The van der Waals surface area contributed by atoms with Gasteiger partial charge < -0.3 is 10.1 Å². The van der Waals surface area contributed by atoms with Crippen LogP contribution in [0.15, 0.2) is 29.2 Å². The van der Waals surface area contributed by atoms with Crippen molar-refractivity contribution in [2.75, 3.05) is 13.1 Å². The normalized spacial score (nSPS) is 12.2. The van der Waals surface area contributed by atoms with Crippen LogP contribution in [0.3, 0.4) is 0 Å². The van der Waals surface area contributed by atoms with Crippen LogP contribution in [0.5, 0.6) is 0 Å². The van der Waals surface area contributed by atoms with Gasteiger partial charge in [-0.15, -0.1) is 11.8 Å². The first kappa shape index (κ1) is 24.0. The predicted octanol–water partition coefficient (Wildman–Crippen LogP) is 6.00. The minimum atomic E-state index is -0.608. The van der Waals surface area contributed by atoms with Crippen LogP contribution in [0.4, 0.5) is 0 Å². The third-order valence-corrected chi connectivity index (χ3v) is 5.38. The van der Waals surface area contributed by atoms with Crippen LogP contribution >= 0.6 is 11.8 Å².